The van der Waals surface area contributed by atoms with E-state index < -0.39 is 5.82 Å². The molecule has 0 unspecified atom stereocenters. The molecule has 0 aliphatic heterocycles. The van der Waals surface area contributed by atoms with Crippen molar-refractivity contribution in [1.82, 2.24) is 9.55 Å². The normalized spacial score (nSPS) is 11.0. The topological polar surface area (TPSA) is 24.0 Å². The van der Waals surface area contributed by atoms with Crippen molar-refractivity contribution in [3.8, 4) is 5.69 Å². The van der Waals surface area contributed by atoms with E-state index in [1.54, 1.807) is 6.07 Å². The van der Waals surface area contributed by atoms with E-state index in [0.29, 0.717) is 15.8 Å². The van der Waals surface area contributed by atoms with Crippen LogP contribution in [0.4, 0.5) is 10.1 Å². The van der Waals surface area contributed by atoms with Gasteiger partial charge in [-0.2, -0.15) is 0 Å². The number of para-hydroxylation sites is 2. The highest BCUT2D eigenvalue weighted by atomic mass is 35.5. The summed E-state index contributed by atoms with van der Waals surface area (Å²) in [7, 11) is 3.91. The summed E-state index contributed by atoms with van der Waals surface area (Å²) in [6, 6.07) is 10.8. The highest BCUT2D eigenvalue weighted by molar-refractivity contribution is 7.71. The Hall–Kier alpha value is -1.85. The molecule has 0 spiro atoms. The molecule has 2 aromatic carbocycles. The maximum Gasteiger partial charge on any atom is 0.182 e. The molecular weight excluding hydrogens is 309 g/mol. The summed E-state index contributed by atoms with van der Waals surface area (Å²) in [6.07, 6.45) is 0. The molecule has 0 fully saturated rings. The molecular formula is C15H13ClFN3S. The summed E-state index contributed by atoms with van der Waals surface area (Å²) < 4.78 is 16.1. The standard InChI is InChI=1S/C15H13ClFN3S/c1-19(2)12-5-3-4-6-13(12)20-14-8-10(17)9(16)7-11(14)18-15(20)21/h3-8H,1-2H3,(H,18,21). The second-order valence-corrected chi connectivity index (χ2v) is 5.73. The SMILES string of the molecule is CN(C)c1ccccc1-n1c(=S)[nH]c2cc(Cl)c(F)cc21. The number of benzene rings is 2. The van der Waals surface area contributed by atoms with Crippen LogP contribution in [0.25, 0.3) is 16.7 Å². The Morgan fingerprint density at radius 3 is 2.67 bits per heavy atom. The van der Waals surface area contributed by atoms with Crippen molar-refractivity contribution < 1.29 is 4.39 Å². The summed E-state index contributed by atoms with van der Waals surface area (Å²) in [5.41, 5.74) is 3.25. The van der Waals surface area contributed by atoms with Crippen LogP contribution in [0.2, 0.25) is 5.02 Å². The first kappa shape index (κ1) is 14.1. The zero-order valence-corrected chi connectivity index (χ0v) is 13.1. The Labute approximate surface area is 131 Å². The second-order valence-electron chi connectivity index (χ2n) is 4.93. The van der Waals surface area contributed by atoms with E-state index in [1.165, 1.54) is 6.07 Å². The number of nitrogens with one attached hydrogen (secondary N) is 1. The molecule has 1 heterocycles. The van der Waals surface area contributed by atoms with Gasteiger partial charge in [0.15, 0.2) is 4.77 Å². The molecule has 0 atom stereocenters. The molecule has 0 radical (unpaired) electrons. The third kappa shape index (κ3) is 2.32. The summed E-state index contributed by atoms with van der Waals surface area (Å²) >= 11 is 11.2. The molecule has 6 heteroatoms. The minimum absolute atomic E-state index is 0.0757. The van der Waals surface area contributed by atoms with Gasteiger partial charge < -0.3 is 9.88 Å². The molecule has 3 nitrogen and oxygen atoms in total. The largest absolute Gasteiger partial charge is 0.376 e. The lowest BCUT2D eigenvalue weighted by atomic mass is 10.2. The van der Waals surface area contributed by atoms with Gasteiger partial charge in [0.05, 0.1) is 27.4 Å². The van der Waals surface area contributed by atoms with Crippen LogP contribution in [0.1, 0.15) is 0 Å². The van der Waals surface area contributed by atoms with Crippen molar-refractivity contribution >= 4 is 40.5 Å². The third-order valence-electron chi connectivity index (χ3n) is 3.33. The van der Waals surface area contributed by atoms with Crippen LogP contribution in [0, 0.1) is 10.6 Å². The number of imidazole rings is 1. The van der Waals surface area contributed by atoms with Gasteiger partial charge in [0.1, 0.15) is 5.82 Å². The lowest BCUT2D eigenvalue weighted by Crippen LogP contribution is -2.12. The highest BCUT2D eigenvalue weighted by Crippen LogP contribution is 2.29. The minimum Gasteiger partial charge on any atom is -0.376 e. The summed E-state index contributed by atoms with van der Waals surface area (Å²) in [5, 5.41) is 0.0757. The van der Waals surface area contributed by atoms with Crippen LogP contribution in [0.3, 0.4) is 0 Å². The van der Waals surface area contributed by atoms with Gasteiger partial charge in [0.25, 0.3) is 0 Å². The lowest BCUT2D eigenvalue weighted by molar-refractivity contribution is 0.629. The van der Waals surface area contributed by atoms with E-state index in [-0.39, 0.29) is 5.02 Å². The van der Waals surface area contributed by atoms with Gasteiger partial charge in [-0.15, -0.1) is 0 Å². The van der Waals surface area contributed by atoms with Gasteiger partial charge in [-0.1, -0.05) is 23.7 Å². The maximum atomic E-state index is 13.8. The number of aromatic nitrogens is 2. The van der Waals surface area contributed by atoms with E-state index in [1.807, 2.05) is 47.8 Å². The fourth-order valence-corrected chi connectivity index (χ4v) is 2.84. The van der Waals surface area contributed by atoms with Crippen molar-refractivity contribution in [2.24, 2.45) is 0 Å². The molecule has 3 rings (SSSR count). The van der Waals surface area contributed by atoms with E-state index >= 15 is 0 Å². The summed E-state index contributed by atoms with van der Waals surface area (Å²) in [5.74, 6) is -0.464. The number of fused-ring (bicyclic) bond motifs is 1. The van der Waals surface area contributed by atoms with Gasteiger partial charge in [-0.3, -0.25) is 4.57 Å². The van der Waals surface area contributed by atoms with Crippen LogP contribution in [-0.2, 0) is 0 Å². The molecule has 0 bridgehead atoms. The van der Waals surface area contributed by atoms with Crippen molar-refractivity contribution in [2.75, 3.05) is 19.0 Å². The zero-order chi connectivity index (χ0) is 15.1. The van der Waals surface area contributed by atoms with Crippen LogP contribution >= 0.6 is 23.8 Å². The molecule has 0 amide bonds. The van der Waals surface area contributed by atoms with Crippen LogP contribution < -0.4 is 4.90 Å². The van der Waals surface area contributed by atoms with Gasteiger partial charge in [0.2, 0.25) is 0 Å². The lowest BCUT2D eigenvalue weighted by Gasteiger charge is -2.18. The van der Waals surface area contributed by atoms with Crippen molar-refractivity contribution in [1.29, 1.82) is 0 Å². The molecule has 3 aromatic rings. The molecule has 1 N–H and O–H groups in total. The molecule has 0 aliphatic carbocycles. The molecule has 0 saturated heterocycles. The number of halogens is 2. The summed E-state index contributed by atoms with van der Waals surface area (Å²) in [4.78, 5) is 5.06. The number of anilines is 1. The Balaban J connectivity index is 2.38. The van der Waals surface area contributed by atoms with Crippen LogP contribution in [-0.4, -0.2) is 23.6 Å². The predicted octanol–water partition coefficient (Wildman–Crippen LogP) is 4.55. The first-order valence-corrected chi connectivity index (χ1v) is 7.14. The van der Waals surface area contributed by atoms with E-state index in [0.717, 1.165) is 11.4 Å². The van der Waals surface area contributed by atoms with Crippen molar-refractivity contribution in [3.05, 3.63) is 52.0 Å². The van der Waals surface area contributed by atoms with E-state index in [2.05, 4.69) is 4.98 Å². The second kappa shape index (κ2) is 5.16. The number of hydrogen-bond donors (Lipinski definition) is 1. The predicted molar refractivity (Wildman–Crippen MR) is 87.8 cm³/mol. The molecule has 1 aromatic heterocycles. The Morgan fingerprint density at radius 1 is 1.24 bits per heavy atom. The molecule has 0 aliphatic rings. The zero-order valence-electron chi connectivity index (χ0n) is 11.5. The number of aromatic amines is 1. The van der Waals surface area contributed by atoms with Crippen LogP contribution in [0.15, 0.2) is 36.4 Å². The van der Waals surface area contributed by atoms with E-state index in [9.17, 15) is 4.39 Å². The fraction of sp³-hybridized carbons (Fsp3) is 0.133. The quantitative estimate of drug-likeness (QED) is 0.700. The van der Waals surface area contributed by atoms with E-state index in [4.69, 9.17) is 23.8 Å². The highest BCUT2D eigenvalue weighted by Gasteiger charge is 2.13. The molecule has 0 saturated carbocycles. The number of nitrogens with zero attached hydrogens (tertiary/aromatic N) is 2. The molecule has 21 heavy (non-hydrogen) atoms. The van der Waals surface area contributed by atoms with Gasteiger partial charge in [-0.25, -0.2) is 4.39 Å². The van der Waals surface area contributed by atoms with Crippen LogP contribution in [0.5, 0.6) is 0 Å². The fourth-order valence-electron chi connectivity index (χ4n) is 2.37. The first-order chi connectivity index (χ1) is 9.99. The number of rotatable bonds is 2. The Morgan fingerprint density at radius 2 is 1.95 bits per heavy atom. The Kier molecular flexibility index (Phi) is 3.47. The van der Waals surface area contributed by atoms with Gasteiger partial charge >= 0.3 is 0 Å². The van der Waals surface area contributed by atoms with Gasteiger partial charge in [0, 0.05) is 20.2 Å². The smallest absolute Gasteiger partial charge is 0.182 e. The minimum atomic E-state index is -0.464. The number of H-pyrrole nitrogens is 1. The average molecular weight is 322 g/mol. The Bertz CT molecular complexity index is 882. The van der Waals surface area contributed by atoms with Crippen molar-refractivity contribution in [3.63, 3.8) is 0 Å². The van der Waals surface area contributed by atoms with Crippen molar-refractivity contribution in [2.45, 2.75) is 0 Å². The first-order valence-electron chi connectivity index (χ1n) is 6.35. The summed E-state index contributed by atoms with van der Waals surface area (Å²) in [6.45, 7) is 0. The molecule has 108 valence electrons. The average Bonchev–Trinajstić information content (AvgIpc) is 2.74. The number of hydrogen-bond acceptors (Lipinski definition) is 2. The van der Waals surface area contributed by atoms with Gasteiger partial charge in [-0.05, 0) is 30.4 Å². The third-order valence-corrected chi connectivity index (χ3v) is 3.90. The maximum absolute atomic E-state index is 13.8. The monoisotopic (exact) mass is 321 g/mol.